The normalized spacial score (nSPS) is 15.4. The topological polar surface area (TPSA) is 45.2 Å². The van der Waals surface area contributed by atoms with Crippen LogP contribution in [0.3, 0.4) is 0 Å². The molecule has 3 aromatic rings. The standard InChI is InChI=1S/C23H23N3O/c1-17-13-19-9-5-6-10-22(19)26(17)23(27)20-14-21(16-24-15-20)25-12-11-18-7-3-2-4-8-18/h2-10,14-17,25H,11-13H2,1H3. The molecule has 0 saturated heterocycles. The molecule has 0 radical (unpaired) electrons. The third kappa shape index (κ3) is 3.70. The fraction of sp³-hybridized carbons (Fsp3) is 0.217. The summed E-state index contributed by atoms with van der Waals surface area (Å²) in [6.07, 6.45) is 5.24. The monoisotopic (exact) mass is 357 g/mol. The molecule has 4 rings (SSSR count). The molecule has 4 heteroatoms. The molecule has 1 amide bonds. The second-order valence-electron chi connectivity index (χ2n) is 6.98. The lowest BCUT2D eigenvalue weighted by atomic mass is 10.1. The lowest BCUT2D eigenvalue weighted by Crippen LogP contribution is -2.35. The van der Waals surface area contributed by atoms with E-state index in [2.05, 4.69) is 35.4 Å². The summed E-state index contributed by atoms with van der Waals surface area (Å²) in [4.78, 5) is 19.3. The van der Waals surface area contributed by atoms with E-state index in [0.717, 1.165) is 30.8 Å². The van der Waals surface area contributed by atoms with Crippen LogP contribution in [0.2, 0.25) is 0 Å². The van der Waals surface area contributed by atoms with E-state index in [4.69, 9.17) is 0 Å². The van der Waals surface area contributed by atoms with Crippen LogP contribution in [-0.4, -0.2) is 23.5 Å². The highest BCUT2D eigenvalue weighted by atomic mass is 16.2. The number of anilines is 2. The van der Waals surface area contributed by atoms with Gasteiger partial charge in [-0.15, -0.1) is 0 Å². The van der Waals surface area contributed by atoms with Crippen molar-refractivity contribution < 1.29 is 4.79 Å². The van der Waals surface area contributed by atoms with Crippen LogP contribution in [0.4, 0.5) is 11.4 Å². The number of carbonyl (C=O) groups excluding carboxylic acids is 1. The summed E-state index contributed by atoms with van der Waals surface area (Å²) in [5.41, 5.74) is 5.01. The molecule has 1 aromatic heterocycles. The van der Waals surface area contributed by atoms with Crippen LogP contribution >= 0.6 is 0 Å². The van der Waals surface area contributed by atoms with Crippen LogP contribution in [0, 0.1) is 0 Å². The zero-order chi connectivity index (χ0) is 18.6. The summed E-state index contributed by atoms with van der Waals surface area (Å²) in [6, 6.07) is 20.5. The van der Waals surface area contributed by atoms with Crippen molar-refractivity contribution in [3.8, 4) is 0 Å². The molecule has 2 aromatic carbocycles. The van der Waals surface area contributed by atoms with Gasteiger partial charge in [0, 0.05) is 30.7 Å². The van der Waals surface area contributed by atoms with Crippen molar-refractivity contribution >= 4 is 17.3 Å². The minimum Gasteiger partial charge on any atom is -0.383 e. The zero-order valence-electron chi connectivity index (χ0n) is 15.4. The number of nitrogens with one attached hydrogen (secondary N) is 1. The van der Waals surface area contributed by atoms with E-state index in [9.17, 15) is 4.79 Å². The second kappa shape index (κ2) is 7.62. The highest BCUT2D eigenvalue weighted by Gasteiger charge is 2.31. The van der Waals surface area contributed by atoms with Gasteiger partial charge in [-0.2, -0.15) is 0 Å². The number of benzene rings is 2. The van der Waals surface area contributed by atoms with Crippen molar-refractivity contribution in [2.45, 2.75) is 25.8 Å². The summed E-state index contributed by atoms with van der Waals surface area (Å²) in [5, 5.41) is 3.38. The number of amides is 1. The molecule has 136 valence electrons. The maximum atomic E-state index is 13.1. The van der Waals surface area contributed by atoms with Gasteiger partial charge in [-0.3, -0.25) is 9.78 Å². The number of nitrogens with zero attached hydrogens (tertiary/aromatic N) is 2. The van der Waals surface area contributed by atoms with Gasteiger partial charge in [0.25, 0.3) is 5.91 Å². The van der Waals surface area contributed by atoms with Crippen LogP contribution in [0.5, 0.6) is 0 Å². The minimum atomic E-state index is 0.00617. The van der Waals surface area contributed by atoms with Crippen molar-refractivity contribution in [2.75, 3.05) is 16.8 Å². The molecule has 1 N–H and O–H groups in total. The predicted molar refractivity (Wildman–Crippen MR) is 109 cm³/mol. The number of hydrogen-bond acceptors (Lipinski definition) is 3. The van der Waals surface area contributed by atoms with E-state index in [0.29, 0.717) is 5.56 Å². The van der Waals surface area contributed by atoms with E-state index < -0.39 is 0 Å². The van der Waals surface area contributed by atoms with Crippen LogP contribution in [-0.2, 0) is 12.8 Å². The van der Waals surface area contributed by atoms with Gasteiger partial charge in [0.2, 0.25) is 0 Å². The first-order chi connectivity index (χ1) is 13.2. The fourth-order valence-corrected chi connectivity index (χ4v) is 3.66. The first-order valence-corrected chi connectivity index (χ1v) is 9.36. The average molecular weight is 357 g/mol. The first-order valence-electron chi connectivity index (χ1n) is 9.36. The highest BCUT2D eigenvalue weighted by molar-refractivity contribution is 6.08. The summed E-state index contributed by atoms with van der Waals surface area (Å²) < 4.78 is 0. The molecule has 1 aliphatic rings. The smallest absolute Gasteiger partial charge is 0.260 e. The maximum absolute atomic E-state index is 13.1. The van der Waals surface area contributed by atoms with Crippen LogP contribution in [0.15, 0.2) is 73.1 Å². The third-order valence-electron chi connectivity index (χ3n) is 5.00. The lowest BCUT2D eigenvalue weighted by molar-refractivity contribution is 0.0981. The second-order valence-corrected chi connectivity index (χ2v) is 6.98. The van der Waals surface area contributed by atoms with Crippen molar-refractivity contribution in [3.63, 3.8) is 0 Å². The van der Waals surface area contributed by atoms with Gasteiger partial charge in [-0.05, 0) is 43.0 Å². The number of aromatic nitrogens is 1. The molecule has 0 aliphatic carbocycles. The van der Waals surface area contributed by atoms with Crippen LogP contribution < -0.4 is 10.2 Å². The Morgan fingerprint density at radius 2 is 1.89 bits per heavy atom. The van der Waals surface area contributed by atoms with E-state index in [-0.39, 0.29) is 11.9 Å². The van der Waals surface area contributed by atoms with Gasteiger partial charge in [0.1, 0.15) is 0 Å². The molecule has 0 bridgehead atoms. The van der Waals surface area contributed by atoms with Gasteiger partial charge in [-0.1, -0.05) is 48.5 Å². The van der Waals surface area contributed by atoms with Gasteiger partial charge in [0.05, 0.1) is 11.3 Å². The number of hydrogen-bond donors (Lipinski definition) is 1. The van der Waals surface area contributed by atoms with Gasteiger partial charge in [-0.25, -0.2) is 0 Å². The highest BCUT2D eigenvalue weighted by Crippen LogP contribution is 2.33. The summed E-state index contributed by atoms with van der Waals surface area (Å²) in [5.74, 6) is 0.00617. The molecule has 2 heterocycles. The molecule has 27 heavy (non-hydrogen) atoms. The van der Waals surface area contributed by atoms with Crippen molar-refractivity contribution in [2.24, 2.45) is 0 Å². The Bertz CT molecular complexity index is 939. The SMILES string of the molecule is CC1Cc2ccccc2N1C(=O)c1cncc(NCCc2ccccc2)c1. The molecule has 0 saturated carbocycles. The van der Waals surface area contributed by atoms with Gasteiger partial charge in [0.15, 0.2) is 0 Å². The molecular weight excluding hydrogens is 334 g/mol. The van der Waals surface area contributed by atoms with Crippen molar-refractivity contribution in [1.82, 2.24) is 4.98 Å². The maximum Gasteiger partial charge on any atom is 0.260 e. The molecular formula is C23H23N3O. The zero-order valence-corrected chi connectivity index (χ0v) is 15.4. The minimum absolute atomic E-state index is 0.00617. The molecule has 1 atom stereocenters. The quantitative estimate of drug-likeness (QED) is 0.739. The molecule has 1 aliphatic heterocycles. The van der Waals surface area contributed by atoms with Crippen LogP contribution in [0.1, 0.15) is 28.4 Å². The Morgan fingerprint density at radius 3 is 2.74 bits per heavy atom. The Kier molecular flexibility index (Phi) is 4.88. The Balaban J connectivity index is 1.47. The number of para-hydroxylation sites is 1. The number of fused-ring (bicyclic) bond motifs is 1. The van der Waals surface area contributed by atoms with E-state index in [1.54, 1.807) is 12.4 Å². The average Bonchev–Trinajstić information content (AvgIpc) is 3.04. The largest absolute Gasteiger partial charge is 0.383 e. The predicted octanol–water partition coefficient (Wildman–Crippen LogP) is 4.33. The molecule has 0 fully saturated rings. The Morgan fingerprint density at radius 1 is 1.11 bits per heavy atom. The van der Waals surface area contributed by atoms with E-state index in [1.807, 2.05) is 47.4 Å². The summed E-state index contributed by atoms with van der Waals surface area (Å²) in [6.45, 7) is 2.89. The molecule has 1 unspecified atom stereocenters. The van der Waals surface area contributed by atoms with Crippen LogP contribution in [0.25, 0.3) is 0 Å². The number of pyridine rings is 1. The molecule has 4 nitrogen and oxygen atoms in total. The number of rotatable bonds is 5. The van der Waals surface area contributed by atoms with Gasteiger partial charge < -0.3 is 10.2 Å². The Hall–Kier alpha value is -3.14. The summed E-state index contributed by atoms with van der Waals surface area (Å²) in [7, 11) is 0. The lowest BCUT2D eigenvalue weighted by Gasteiger charge is -2.23. The molecule has 0 spiro atoms. The van der Waals surface area contributed by atoms with Crippen molar-refractivity contribution in [3.05, 3.63) is 89.7 Å². The Labute approximate surface area is 159 Å². The first kappa shape index (κ1) is 17.3. The van der Waals surface area contributed by atoms with Gasteiger partial charge >= 0.3 is 0 Å². The van der Waals surface area contributed by atoms with Crippen molar-refractivity contribution in [1.29, 1.82) is 0 Å². The van der Waals surface area contributed by atoms with E-state index >= 15 is 0 Å². The fourth-order valence-electron chi connectivity index (χ4n) is 3.66. The van der Waals surface area contributed by atoms with E-state index in [1.165, 1.54) is 11.1 Å². The number of carbonyl (C=O) groups is 1. The third-order valence-corrected chi connectivity index (χ3v) is 5.00. The summed E-state index contributed by atoms with van der Waals surface area (Å²) >= 11 is 0.